The van der Waals surface area contributed by atoms with Gasteiger partial charge < -0.3 is 15.5 Å². The molecule has 88 valence electrons. The second-order valence-corrected chi connectivity index (χ2v) is 4.85. The molecular formula is C12H20N4. The molecule has 2 unspecified atom stereocenters. The number of hydrogen-bond donors (Lipinski definition) is 1. The SMILES string of the molecule is CC1CN(c2ccncc2N)CC1N(C)C. The smallest absolute Gasteiger partial charge is 0.0738 e. The lowest BCUT2D eigenvalue weighted by molar-refractivity contribution is 0.266. The number of aromatic nitrogens is 1. The fourth-order valence-corrected chi connectivity index (χ4v) is 2.51. The molecule has 0 bridgehead atoms. The van der Waals surface area contributed by atoms with Crippen LogP contribution in [0.1, 0.15) is 6.92 Å². The number of nitrogen functional groups attached to an aromatic ring is 1. The first-order valence-electron chi connectivity index (χ1n) is 5.70. The Balaban J connectivity index is 2.17. The standard InChI is InChI=1S/C12H20N4/c1-9-7-16(8-12(9)15(2)3)11-4-5-14-6-10(11)13/h4-6,9,12H,7-8,13H2,1-3H3. The lowest BCUT2D eigenvalue weighted by Gasteiger charge is -2.23. The second-order valence-electron chi connectivity index (χ2n) is 4.85. The van der Waals surface area contributed by atoms with E-state index in [1.807, 2.05) is 6.07 Å². The fraction of sp³-hybridized carbons (Fsp3) is 0.583. The highest BCUT2D eigenvalue weighted by atomic mass is 15.2. The minimum Gasteiger partial charge on any atom is -0.396 e. The summed E-state index contributed by atoms with van der Waals surface area (Å²) in [5, 5.41) is 0. The molecule has 0 amide bonds. The van der Waals surface area contributed by atoms with E-state index in [0.29, 0.717) is 12.0 Å². The van der Waals surface area contributed by atoms with Crippen molar-refractivity contribution in [1.29, 1.82) is 0 Å². The first kappa shape index (κ1) is 11.2. The molecule has 1 saturated heterocycles. The van der Waals surface area contributed by atoms with Crippen LogP contribution >= 0.6 is 0 Å². The van der Waals surface area contributed by atoms with E-state index in [0.717, 1.165) is 24.5 Å². The number of hydrogen-bond acceptors (Lipinski definition) is 4. The molecule has 1 aliphatic rings. The van der Waals surface area contributed by atoms with Crippen LogP contribution in [0.25, 0.3) is 0 Å². The zero-order valence-electron chi connectivity index (χ0n) is 10.2. The molecular weight excluding hydrogens is 200 g/mol. The summed E-state index contributed by atoms with van der Waals surface area (Å²) in [5.41, 5.74) is 7.84. The van der Waals surface area contributed by atoms with Gasteiger partial charge in [-0.05, 0) is 26.1 Å². The average Bonchev–Trinajstić information content (AvgIpc) is 2.61. The zero-order chi connectivity index (χ0) is 11.7. The van der Waals surface area contributed by atoms with Gasteiger partial charge in [-0.25, -0.2) is 0 Å². The van der Waals surface area contributed by atoms with Gasteiger partial charge in [0.05, 0.1) is 17.6 Å². The highest BCUT2D eigenvalue weighted by Gasteiger charge is 2.31. The van der Waals surface area contributed by atoms with E-state index in [2.05, 4.69) is 35.8 Å². The molecule has 0 aliphatic carbocycles. The van der Waals surface area contributed by atoms with Gasteiger partial charge in [-0.3, -0.25) is 4.98 Å². The molecule has 2 rings (SSSR count). The molecule has 1 aromatic rings. The highest BCUT2D eigenvalue weighted by molar-refractivity contribution is 5.66. The molecule has 2 heterocycles. The number of nitrogens with zero attached hydrogens (tertiary/aromatic N) is 3. The quantitative estimate of drug-likeness (QED) is 0.809. The van der Waals surface area contributed by atoms with E-state index >= 15 is 0 Å². The Hall–Kier alpha value is -1.29. The molecule has 0 radical (unpaired) electrons. The molecule has 4 nitrogen and oxygen atoms in total. The van der Waals surface area contributed by atoms with E-state index in [1.54, 1.807) is 12.4 Å². The Morgan fingerprint density at radius 1 is 1.44 bits per heavy atom. The molecule has 4 heteroatoms. The maximum atomic E-state index is 5.95. The van der Waals surface area contributed by atoms with Crippen LogP contribution < -0.4 is 10.6 Å². The Morgan fingerprint density at radius 3 is 2.75 bits per heavy atom. The molecule has 1 aromatic heterocycles. The van der Waals surface area contributed by atoms with Crippen molar-refractivity contribution >= 4 is 11.4 Å². The van der Waals surface area contributed by atoms with Crippen molar-refractivity contribution in [2.45, 2.75) is 13.0 Å². The number of pyridine rings is 1. The summed E-state index contributed by atoms with van der Waals surface area (Å²) in [7, 11) is 4.28. The van der Waals surface area contributed by atoms with Crippen molar-refractivity contribution in [3.63, 3.8) is 0 Å². The van der Waals surface area contributed by atoms with Crippen molar-refractivity contribution in [2.75, 3.05) is 37.8 Å². The third-order valence-electron chi connectivity index (χ3n) is 3.40. The van der Waals surface area contributed by atoms with Crippen molar-refractivity contribution in [3.8, 4) is 0 Å². The van der Waals surface area contributed by atoms with Crippen LogP contribution in [0.5, 0.6) is 0 Å². The van der Waals surface area contributed by atoms with Crippen LogP contribution in [0, 0.1) is 5.92 Å². The summed E-state index contributed by atoms with van der Waals surface area (Å²) < 4.78 is 0. The van der Waals surface area contributed by atoms with Crippen LogP contribution in [0.4, 0.5) is 11.4 Å². The minimum atomic E-state index is 0.604. The van der Waals surface area contributed by atoms with E-state index < -0.39 is 0 Å². The van der Waals surface area contributed by atoms with Crippen LogP contribution in [-0.2, 0) is 0 Å². The maximum absolute atomic E-state index is 5.95. The van der Waals surface area contributed by atoms with Crippen molar-refractivity contribution < 1.29 is 0 Å². The Labute approximate surface area is 97.1 Å². The molecule has 1 fully saturated rings. The Bertz CT molecular complexity index is 364. The van der Waals surface area contributed by atoms with Gasteiger partial charge in [-0.15, -0.1) is 0 Å². The minimum absolute atomic E-state index is 0.604. The molecule has 16 heavy (non-hydrogen) atoms. The van der Waals surface area contributed by atoms with Crippen molar-refractivity contribution in [3.05, 3.63) is 18.5 Å². The van der Waals surface area contributed by atoms with Gasteiger partial charge in [0.2, 0.25) is 0 Å². The van der Waals surface area contributed by atoms with E-state index in [4.69, 9.17) is 5.73 Å². The fourth-order valence-electron chi connectivity index (χ4n) is 2.51. The van der Waals surface area contributed by atoms with Gasteiger partial charge in [0.25, 0.3) is 0 Å². The predicted octanol–water partition coefficient (Wildman–Crippen LogP) is 1.05. The summed E-state index contributed by atoms with van der Waals surface area (Å²) in [5.74, 6) is 0.669. The van der Waals surface area contributed by atoms with Gasteiger partial charge in [0.15, 0.2) is 0 Å². The van der Waals surface area contributed by atoms with Crippen molar-refractivity contribution in [2.24, 2.45) is 5.92 Å². The summed E-state index contributed by atoms with van der Waals surface area (Å²) in [4.78, 5) is 8.67. The monoisotopic (exact) mass is 220 g/mol. The van der Waals surface area contributed by atoms with Gasteiger partial charge >= 0.3 is 0 Å². The molecule has 2 N–H and O–H groups in total. The topological polar surface area (TPSA) is 45.4 Å². The Morgan fingerprint density at radius 2 is 2.19 bits per heavy atom. The molecule has 0 aromatic carbocycles. The van der Waals surface area contributed by atoms with Crippen molar-refractivity contribution in [1.82, 2.24) is 9.88 Å². The number of rotatable bonds is 2. The van der Waals surface area contributed by atoms with Gasteiger partial charge in [0.1, 0.15) is 0 Å². The van der Waals surface area contributed by atoms with Crippen LogP contribution in [-0.4, -0.2) is 43.1 Å². The zero-order valence-corrected chi connectivity index (χ0v) is 10.2. The van der Waals surface area contributed by atoms with Crippen LogP contribution in [0.2, 0.25) is 0 Å². The summed E-state index contributed by atoms with van der Waals surface area (Å²) in [6, 6.07) is 2.60. The number of anilines is 2. The molecule has 0 spiro atoms. The molecule has 1 aliphatic heterocycles. The molecule has 2 atom stereocenters. The van der Waals surface area contributed by atoms with Gasteiger partial charge in [-0.2, -0.15) is 0 Å². The Kier molecular flexibility index (Phi) is 3.01. The molecule has 0 saturated carbocycles. The van der Waals surface area contributed by atoms with E-state index in [-0.39, 0.29) is 0 Å². The van der Waals surface area contributed by atoms with Gasteiger partial charge in [0, 0.05) is 25.3 Å². The summed E-state index contributed by atoms with van der Waals surface area (Å²) in [6.45, 7) is 4.40. The van der Waals surface area contributed by atoms with Gasteiger partial charge in [-0.1, -0.05) is 6.92 Å². The third kappa shape index (κ3) is 1.97. The average molecular weight is 220 g/mol. The first-order chi connectivity index (χ1) is 7.59. The lowest BCUT2D eigenvalue weighted by atomic mass is 10.1. The normalized spacial score (nSPS) is 25.4. The predicted molar refractivity (Wildman–Crippen MR) is 67.5 cm³/mol. The largest absolute Gasteiger partial charge is 0.396 e. The second kappa shape index (κ2) is 4.29. The van der Waals surface area contributed by atoms with Crippen LogP contribution in [0.3, 0.4) is 0 Å². The first-order valence-corrected chi connectivity index (χ1v) is 5.70. The van der Waals surface area contributed by atoms with E-state index in [9.17, 15) is 0 Å². The highest BCUT2D eigenvalue weighted by Crippen LogP contribution is 2.29. The third-order valence-corrected chi connectivity index (χ3v) is 3.40. The van der Waals surface area contributed by atoms with E-state index in [1.165, 1.54) is 0 Å². The summed E-state index contributed by atoms with van der Waals surface area (Å²) >= 11 is 0. The maximum Gasteiger partial charge on any atom is 0.0738 e. The lowest BCUT2D eigenvalue weighted by Crippen LogP contribution is -2.34. The van der Waals surface area contributed by atoms with Crippen LogP contribution in [0.15, 0.2) is 18.5 Å². The number of likely N-dealkylation sites (N-methyl/N-ethyl adjacent to an activating group) is 1. The number of nitrogens with two attached hydrogens (primary N) is 1. The summed E-state index contributed by atoms with van der Waals surface area (Å²) in [6.07, 6.45) is 3.53.